The fraction of sp³-hybridized carbons (Fsp3) is 0.115. The van der Waals surface area contributed by atoms with E-state index in [0.29, 0.717) is 4.90 Å². The highest BCUT2D eigenvalue weighted by Gasteiger charge is 2.43. The average molecular weight is 555 g/mol. The summed E-state index contributed by atoms with van der Waals surface area (Å²) in [5.74, 6) is -4.79. The van der Waals surface area contributed by atoms with Crippen molar-refractivity contribution in [3.05, 3.63) is 116 Å². The van der Waals surface area contributed by atoms with Gasteiger partial charge in [-0.05, 0) is 36.8 Å². The first-order valence-electron chi connectivity index (χ1n) is 11.1. The van der Waals surface area contributed by atoms with E-state index in [0.717, 1.165) is 17.7 Å². The highest BCUT2D eigenvalue weighted by atomic mass is 32.2. The number of pyridine rings is 1. The lowest BCUT2D eigenvalue weighted by atomic mass is 9.88. The normalized spacial score (nSPS) is 16.2. The van der Waals surface area contributed by atoms with Crippen molar-refractivity contribution in [3.63, 3.8) is 0 Å². The minimum absolute atomic E-state index is 0.0482. The zero-order valence-electron chi connectivity index (χ0n) is 19.9. The number of rotatable bonds is 6. The molecule has 0 bridgehead atoms. The van der Waals surface area contributed by atoms with Gasteiger partial charge in [0, 0.05) is 23.2 Å². The number of hydrogen-bond acceptors (Lipinski definition) is 7. The first kappa shape index (κ1) is 27.2. The quantitative estimate of drug-likeness (QED) is 0.335. The van der Waals surface area contributed by atoms with Gasteiger partial charge < -0.3 is 4.74 Å². The zero-order chi connectivity index (χ0) is 28.3. The van der Waals surface area contributed by atoms with E-state index >= 15 is 0 Å². The van der Waals surface area contributed by atoms with Crippen molar-refractivity contribution in [1.82, 2.24) is 10.3 Å². The standard InChI is InChI=1S/C26H17F3N4O5S/c1-15-5-11-18(12-6-15)39(37)23-21(16-7-9-17(10-8-16)33(35)36)19(14-30)24(32-25(34)26(27,28)29)38-22(23)20-4-2-3-13-31-20/h2-13,21H,1H3,(H,32,34)/t21-,39?/m1/s1. The molecule has 1 aliphatic heterocycles. The number of nitro groups is 1. The number of halogens is 3. The van der Waals surface area contributed by atoms with Crippen molar-refractivity contribution >= 4 is 28.2 Å². The van der Waals surface area contributed by atoms with Gasteiger partial charge >= 0.3 is 12.1 Å². The summed E-state index contributed by atoms with van der Waals surface area (Å²) in [6.45, 7) is 1.82. The van der Waals surface area contributed by atoms with Crippen LogP contribution < -0.4 is 5.32 Å². The predicted molar refractivity (Wildman–Crippen MR) is 133 cm³/mol. The Balaban J connectivity index is 2.01. The Kier molecular flexibility index (Phi) is 7.59. The van der Waals surface area contributed by atoms with Crippen LogP contribution in [0.25, 0.3) is 5.76 Å². The second kappa shape index (κ2) is 10.9. The predicted octanol–water partition coefficient (Wildman–Crippen LogP) is 5.00. The van der Waals surface area contributed by atoms with Gasteiger partial charge in [-0.3, -0.25) is 25.2 Å². The molecule has 1 aromatic heterocycles. The number of benzene rings is 2. The summed E-state index contributed by atoms with van der Waals surface area (Å²) in [6, 6.07) is 17.8. The van der Waals surface area contributed by atoms with Crippen molar-refractivity contribution in [2.24, 2.45) is 0 Å². The fourth-order valence-electron chi connectivity index (χ4n) is 3.74. The number of ether oxygens (including phenoxy) is 1. The lowest BCUT2D eigenvalue weighted by molar-refractivity contribution is -0.384. The van der Waals surface area contributed by atoms with E-state index in [4.69, 9.17) is 4.74 Å². The highest BCUT2D eigenvalue weighted by Crippen LogP contribution is 2.45. The Hall–Kier alpha value is -4.83. The van der Waals surface area contributed by atoms with Crippen molar-refractivity contribution in [2.45, 2.75) is 23.9 Å². The van der Waals surface area contributed by atoms with E-state index in [9.17, 15) is 37.6 Å². The Morgan fingerprint density at radius 1 is 1.13 bits per heavy atom. The number of amides is 1. The van der Waals surface area contributed by atoms with Crippen LogP contribution in [0.4, 0.5) is 18.9 Å². The van der Waals surface area contributed by atoms with Crippen LogP contribution in [0.5, 0.6) is 0 Å². The first-order chi connectivity index (χ1) is 18.5. The molecule has 0 spiro atoms. The minimum Gasteiger partial charge on any atom is -0.437 e. The summed E-state index contributed by atoms with van der Waals surface area (Å²) in [4.78, 5) is 26.8. The van der Waals surface area contributed by atoms with E-state index in [2.05, 4.69) is 4.98 Å². The number of hydrogen-bond donors (Lipinski definition) is 1. The van der Waals surface area contributed by atoms with Crippen LogP contribution in [0.15, 0.2) is 94.2 Å². The van der Waals surface area contributed by atoms with Gasteiger partial charge in [0.2, 0.25) is 5.88 Å². The number of nitrogens with one attached hydrogen (secondary N) is 1. The molecule has 0 fully saturated rings. The molecule has 4 rings (SSSR count). The smallest absolute Gasteiger partial charge is 0.437 e. The summed E-state index contributed by atoms with van der Waals surface area (Å²) >= 11 is 0. The molecule has 39 heavy (non-hydrogen) atoms. The Labute approximate surface area is 221 Å². The molecule has 1 amide bonds. The van der Waals surface area contributed by atoms with Crippen LogP contribution in [0.3, 0.4) is 0 Å². The monoisotopic (exact) mass is 554 g/mol. The topological polar surface area (TPSA) is 135 Å². The molecular formula is C26H17F3N4O5S. The van der Waals surface area contributed by atoms with Gasteiger partial charge in [-0.1, -0.05) is 35.9 Å². The molecule has 0 saturated heterocycles. The van der Waals surface area contributed by atoms with Crippen LogP contribution in [0, 0.1) is 28.4 Å². The Bertz CT molecular complexity index is 1560. The molecule has 2 aromatic carbocycles. The maximum absolute atomic E-state index is 14.0. The molecule has 3 aromatic rings. The van der Waals surface area contributed by atoms with E-state index in [1.165, 1.54) is 24.4 Å². The number of alkyl halides is 3. The van der Waals surface area contributed by atoms with Crippen LogP contribution in [0.1, 0.15) is 22.7 Å². The first-order valence-corrected chi connectivity index (χ1v) is 12.2. The number of nitro benzene ring substituents is 1. The highest BCUT2D eigenvalue weighted by molar-refractivity contribution is 7.89. The molecule has 1 N–H and O–H groups in total. The van der Waals surface area contributed by atoms with Crippen molar-refractivity contribution < 1.29 is 31.8 Å². The summed E-state index contributed by atoms with van der Waals surface area (Å²) in [5.41, 5.74) is 0.348. The molecule has 198 valence electrons. The van der Waals surface area contributed by atoms with Crippen LogP contribution >= 0.6 is 0 Å². The fourth-order valence-corrected chi connectivity index (χ4v) is 5.16. The molecule has 9 nitrogen and oxygen atoms in total. The number of allylic oxidation sites excluding steroid dienone is 2. The Morgan fingerprint density at radius 3 is 2.33 bits per heavy atom. The van der Waals surface area contributed by atoms with Gasteiger partial charge in [-0.2, -0.15) is 18.4 Å². The molecule has 2 atom stereocenters. The van der Waals surface area contributed by atoms with Gasteiger partial charge in [0.15, 0.2) is 5.76 Å². The molecule has 0 radical (unpaired) electrons. The average Bonchev–Trinajstić information content (AvgIpc) is 2.92. The second-order valence-corrected chi connectivity index (χ2v) is 9.63. The van der Waals surface area contributed by atoms with E-state index in [-0.39, 0.29) is 27.6 Å². The molecule has 0 aliphatic carbocycles. The lowest BCUT2D eigenvalue weighted by Gasteiger charge is -2.30. The molecule has 1 aliphatic rings. The van der Waals surface area contributed by atoms with Gasteiger partial charge in [0.05, 0.1) is 26.5 Å². The van der Waals surface area contributed by atoms with E-state index in [1.807, 2.05) is 6.92 Å². The van der Waals surface area contributed by atoms with Gasteiger partial charge in [-0.25, -0.2) is 4.21 Å². The third kappa shape index (κ3) is 5.70. The number of non-ortho nitro benzene ring substituents is 1. The van der Waals surface area contributed by atoms with Crippen LogP contribution in [-0.4, -0.2) is 26.2 Å². The number of nitrogens with zero attached hydrogens (tertiary/aromatic N) is 3. The number of nitriles is 1. The summed E-state index contributed by atoms with van der Waals surface area (Å²) in [5, 5.41) is 22.8. The molecule has 1 unspecified atom stereocenters. The SMILES string of the molecule is Cc1ccc(S(=O)C2=C(c3ccccn3)OC(NC(=O)C(F)(F)F)=C(C#N)[C@H]2c2ccc([N+](=O)[O-])cc2)cc1. The zero-order valence-corrected chi connectivity index (χ0v) is 20.7. The summed E-state index contributed by atoms with van der Waals surface area (Å²) in [6.07, 6.45) is -3.93. The van der Waals surface area contributed by atoms with E-state index < -0.39 is 45.2 Å². The van der Waals surface area contributed by atoms with Gasteiger partial charge in [-0.15, -0.1) is 0 Å². The summed E-state index contributed by atoms with van der Waals surface area (Å²) < 4.78 is 59.1. The lowest BCUT2D eigenvalue weighted by Crippen LogP contribution is -2.38. The third-order valence-electron chi connectivity index (χ3n) is 5.60. The molecule has 2 heterocycles. The van der Waals surface area contributed by atoms with E-state index in [1.54, 1.807) is 47.8 Å². The number of carbonyl (C=O) groups excluding carboxylic acids is 1. The third-order valence-corrected chi connectivity index (χ3v) is 7.12. The van der Waals surface area contributed by atoms with Crippen molar-refractivity contribution in [3.8, 4) is 6.07 Å². The largest absolute Gasteiger partial charge is 0.471 e. The van der Waals surface area contributed by atoms with Crippen LogP contribution in [0.2, 0.25) is 0 Å². The maximum atomic E-state index is 14.0. The second-order valence-electron chi connectivity index (χ2n) is 8.18. The number of aryl methyl sites for hydroxylation is 1. The maximum Gasteiger partial charge on any atom is 0.471 e. The van der Waals surface area contributed by atoms with Gasteiger partial charge in [0.25, 0.3) is 5.69 Å². The Morgan fingerprint density at radius 2 is 1.79 bits per heavy atom. The number of aromatic nitrogens is 1. The molecule has 0 saturated carbocycles. The van der Waals surface area contributed by atoms with Crippen LogP contribution in [-0.2, 0) is 20.3 Å². The summed E-state index contributed by atoms with van der Waals surface area (Å²) in [7, 11) is -2.06. The van der Waals surface area contributed by atoms with Gasteiger partial charge in [0.1, 0.15) is 17.3 Å². The minimum atomic E-state index is -5.31. The molecule has 13 heteroatoms. The molecular weight excluding hydrogens is 537 g/mol. The van der Waals surface area contributed by atoms with Crippen molar-refractivity contribution in [2.75, 3.05) is 0 Å². The van der Waals surface area contributed by atoms with Crippen molar-refractivity contribution in [1.29, 1.82) is 5.26 Å². The number of carbonyl (C=O) groups is 1.